The summed E-state index contributed by atoms with van der Waals surface area (Å²) < 4.78 is 58.6. The number of hydrogen-bond donors (Lipinski definition) is 2. The molecule has 2 fully saturated rings. The van der Waals surface area contributed by atoms with Gasteiger partial charge in [-0.2, -0.15) is 22.5 Å². The smallest absolute Gasteiger partial charge is 0.279 e. The van der Waals surface area contributed by atoms with Crippen molar-refractivity contribution >= 4 is 21.7 Å². The van der Waals surface area contributed by atoms with Crippen LogP contribution in [-0.2, 0) is 16.8 Å². The molecule has 4 heterocycles. The molecule has 2 aliphatic rings. The van der Waals surface area contributed by atoms with Gasteiger partial charge in [0.05, 0.1) is 18.3 Å². The van der Waals surface area contributed by atoms with E-state index in [0.717, 1.165) is 18.6 Å². The Hall–Kier alpha value is -2.67. The van der Waals surface area contributed by atoms with Gasteiger partial charge in [0.2, 0.25) is 0 Å². The molecule has 2 aliphatic heterocycles. The third kappa shape index (κ3) is 4.31. The number of halogens is 2. The Morgan fingerprint density at radius 2 is 2.03 bits per heavy atom. The minimum atomic E-state index is -3.75. The average molecular weight is 479 g/mol. The molecule has 0 radical (unpaired) electrons. The number of nitrogens with one attached hydrogen (secondary N) is 1. The number of aliphatic hydroxyl groups is 1. The highest BCUT2D eigenvalue weighted by Crippen LogP contribution is 2.36. The van der Waals surface area contributed by atoms with Gasteiger partial charge in [-0.25, -0.2) is 18.3 Å². The van der Waals surface area contributed by atoms with Crippen LogP contribution in [0.4, 0.5) is 14.6 Å². The van der Waals surface area contributed by atoms with Crippen LogP contribution < -0.4 is 9.62 Å². The lowest BCUT2D eigenvalue weighted by molar-refractivity contribution is 0.189. The summed E-state index contributed by atoms with van der Waals surface area (Å²) in [5.41, 5.74) is 1.35. The van der Waals surface area contributed by atoms with Crippen LogP contribution in [0.25, 0.3) is 5.65 Å². The van der Waals surface area contributed by atoms with E-state index in [9.17, 15) is 22.3 Å². The number of nitrogens with zero attached hydrogens (tertiary/aromatic N) is 5. The average Bonchev–Trinajstić information content (AvgIpc) is 3.53. The predicted octanol–water partition coefficient (Wildman–Crippen LogP) is 1.75. The number of aliphatic hydroxyl groups excluding tert-OH is 1. The third-order valence-corrected chi connectivity index (χ3v) is 7.72. The molecular formula is C21H24F2N6O3S. The van der Waals surface area contributed by atoms with Crippen molar-refractivity contribution in [2.45, 2.75) is 38.0 Å². The molecule has 3 aromatic rings. The Balaban J connectivity index is 1.39. The molecule has 0 spiro atoms. The normalized spacial score (nSPS) is 22.0. The van der Waals surface area contributed by atoms with Crippen molar-refractivity contribution in [1.29, 1.82) is 0 Å². The Morgan fingerprint density at radius 3 is 2.82 bits per heavy atom. The number of rotatable bonds is 6. The van der Waals surface area contributed by atoms with Gasteiger partial charge in [-0.1, -0.05) is 0 Å². The van der Waals surface area contributed by atoms with Crippen LogP contribution in [-0.4, -0.2) is 58.2 Å². The van der Waals surface area contributed by atoms with E-state index in [-0.39, 0.29) is 25.7 Å². The summed E-state index contributed by atoms with van der Waals surface area (Å²) in [6.45, 7) is 0.953. The van der Waals surface area contributed by atoms with Crippen LogP contribution in [0, 0.1) is 11.6 Å². The highest BCUT2D eigenvalue weighted by atomic mass is 32.2. The zero-order valence-electron chi connectivity index (χ0n) is 17.7. The van der Waals surface area contributed by atoms with E-state index in [0.29, 0.717) is 42.0 Å². The molecule has 0 bridgehead atoms. The standard InChI is InChI=1S/C21H24F2N6O3S/c22-15-3-4-18(23)17(10-15)19-2-1-7-28(19)20-6-9-29-21(26-20)14(11-24-29)12-25-33(31,32)27-8-5-16(30)13-27/h3-4,6,9-11,16,19,25,30H,1-2,5,7-8,12-13H2. The molecule has 0 saturated carbocycles. The number of anilines is 1. The minimum absolute atomic E-state index is 0.0170. The molecule has 176 valence electrons. The predicted molar refractivity (Wildman–Crippen MR) is 117 cm³/mol. The molecule has 2 unspecified atom stereocenters. The van der Waals surface area contributed by atoms with E-state index < -0.39 is 27.9 Å². The minimum Gasteiger partial charge on any atom is -0.392 e. The van der Waals surface area contributed by atoms with E-state index in [4.69, 9.17) is 0 Å². The van der Waals surface area contributed by atoms with E-state index >= 15 is 0 Å². The summed E-state index contributed by atoms with van der Waals surface area (Å²) in [7, 11) is -3.75. The summed E-state index contributed by atoms with van der Waals surface area (Å²) in [5, 5.41) is 13.9. The van der Waals surface area contributed by atoms with Crippen molar-refractivity contribution in [3.05, 3.63) is 59.4 Å². The maximum Gasteiger partial charge on any atom is 0.279 e. The topological polar surface area (TPSA) is 103 Å². The molecular weight excluding hydrogens is 454 g/mol. The SMILES string of the molecule is O=S(=O)(NCc1cnn2ccc(N3CCCC3c3cc(F)ccc3F)nc12)N1CCC(O)C1. The van der Waals surface area contributed by atoms with Crippen molar-refractivity contribution in [2.24, 2.45) is 0 Å². The van der Waals surface area contributed by atoms with Crippen molar-refractivity contribution in [3.8, 4) is 0 Å². The highest BCUT2D eigenvalue weighted by molar-refractivity contribution is 7.87. The fourth-order valence-electron chi connectivity index (χ4n) is 4.51. The summed E-state index contributed by atoms with van der Waals surface area (Å²) in [6.07, 6.45) is 4.48. The van der Waals surface area contributed by atoms with Crippen LogP contribution in [0.1, 0.15) is 36.4 Å². The lowest BCUT2D eigenvalue weighted by Gasteiger charge is -2.26. The molecule has 1 aromatic carbocycles. The Labute approximate surface area is 189 Å². The Morgan fingerprint density at radius 1 is 1.18 bits per heavy atom. The molecule has 33 heavy (non-hydrogen) atoms. The Kier molecular flexibility index (Phi) is 5.77. The van der Waals surface area contributed by atoms with Crippen molar-refractivity contribution in [1.82, 2.24) is 23.6 Å². The third-order valence-electron chi connectivity index (χ3n) is 6.20. The van der Waals surface area contributed by atoms with Crippen LogP contribution >= 0.6 is 0 Å². The van der Waals surface area contributed by atoms with Gasteiger partial charge in [0, 0.05) is 43.5 Å². The first-order chi connectivity index (χ1) is 15.8. The van der Waals surface area contributed by atoms with Gasteiger partial charge in [0.1, 0.15) is 17.5 Å². The van der Waals surface area contributed by atoms with Gasteiger partial charge in [0.25, 0.3) is 10.2 Å². The Bertz CT molecular complexity index is 1280. The molecule has 5 rings (SSSR count). The first-order valence-corrected chi connectivity index (χ1v) is 12.2. The zero-order chi connectivity index (χ0) is 23.2. The van der Waals surface area contributed by atoms with Crippen molar-refractivity contribution < 1.29 is 22.3 Å². The number of aromatic nitrogens is 3. The fraction of sp³-hybridized carbons (Fsp3) is 0.429. The van der Waals surface area contributed by atoms with Gasteiger partial charge < -0.3 is 10.0 Å². The first kappa shape index (κ1) is 22.1. The molecule has 2 saturated heterocycles. The van der Waals surface area contributed by atoms with Gasteiger partial charge >= 0.3 is 0 Å². The molecule has 12 heteroatoms. The monoisotopic (exact) mass is 478 g/mol. The second kappa shape index (κ2) is 8.60. The van der Waals surface area contributed by atoms with E-state index in [1.165, 1.54) is 10.4 Å². The van der Waals surface area contributed by atoms with Crippen LogP contribution in [0.15, 0.2) is 36.7 Å². The second-order valence-corrected chi connectivity index (χ2v) is 10.1. The highest BCUT2D eigenvalue weighted by Gasteiger charge is 2.31. The summed E-state index contributed by atoms with van der Waals surface area (Å²) in [4.78, 5) is 6.61. The number of hydrogen-bond acceptors (Lipinski definition) is 6. The lowest BCUT2D eigenvalue weighted by Crippen LogP contribution is -2.39. The number of fused-ring (bicyclic) bond motifs is 1. The molecule has 0 aliphatic carbocycles. The largest absolute Gasteiger partial charge is 0.392 e. The first-order valence-electron chi connectivity index (χ1n) is 10.8. The fourth-order valence-corrected chi connectivity index (χ4v) is 5.75. The summed E-state index contributed by atoms with van der Waals surface area (Å²) in [6, 6.07) is 4.88. The van der Waals surface area contributed by atoms with Gasteiger partial charge in [-0.3, -0.25) is 0 Å². The molecule has 9 nitrogen and oxygen atoms in total. The van der Waals surface area contributed by atoms with Crippen LogP contribution in [0.2, 0.25) is 0 Å². The van der Waals surface area contributed by atoms with Gasteiger partial charge in [-0.05, 0) is 43.5 Å². The zero-order valence-corrected chi connectivity index (χ0v) is 18.5. The molecule has 2 atom stereocenters. The maximum absolute atomic E-state index is 14.4. The molecule has 2 aromatic heterocycles. The maximum atomic E-state index is 14.4. The van der Waals surface area contributed by atoms with E-state index in [1.54, 1.807) is 23.0 Å². The van der Waals surface area contributed by atoms with Crippen molar-refractivity contribution in [3.63, 3.8) is 0 Å². The van der Waals surface area contributed by atoms with E-state index in [2.05, 4.69) is 14.8 Å². The van der Waals surface area contributed by atoms with Gasteiger partial charge in [-0.15, -0.1) is 0 Å². The van der Waals surface area contributed by atoms with E-state index in [1.807, 2.05) is 4.90 Å². The quantitative estimate of drug-likeness (QED) is 0.560. The lowest BCUT2D eigenvalue weighted by atomic mass is 10.0. The molecule has 0 amide bonds. The summed E-state index contributed by atoms with van der Waals surface area (Å²) >= 11 is 0. The van der Waals surface area contributed by atoms with Crippen molar-refractivity contribution in [2.75, 3.05) is 24.5 Å². The molecule has 2 N–H and O–H groups in total. The van der Waals surface area contributed by atoms with Crippen LogP contribution in [0.5, 0.6) is 0 Å². The summed E-state index contributed by atoms with van der Waals surface area (Å²) in [5.74, 6) is -0.362. The number of benzene rings is 1. The van der Waals surface area contributed by atoms with Gasteiger partial charge in [0.15, 0.2) is 5.65 Å². The van der Waals surface area contributed by atoms with Crippen LogP contribution in [0.3, 0.4) is 0 Å². The second-order valence-electron chi connectivity index (χ2n) is 8.37. The number of β-amino-alcohol motifs (C(OH)–C–C–N with tert-alkyl or cyclic N) is 1.